The highest BCUT2D eigenvalue weighted by atomic mass is 35.5. The van der Waals surface area contributed by atoms with Gasteiger partial charge < -0.3 is 0 Å². The van der Waals surface area contributed by atoms with Gasteiger partial charge in [-0.1, -0.05) is 65.4 Å². The highest BCUT2D eigenvalue weighted by molar-refractivity contribution is 7.22. The Kier molecular flexibility index (Phi) is 6.41. The van der Waals surface area contributed by atoms with E-state index >= 15 is 0 Å². The fraction of sp³-hybridized carbons (Fsp3) is 0.179. The number of hydrogen-bond donors (Lipinski definition) is 0. The molecule has 0 aliphatic rings. The van der Waals surface area contributed by atoms with Crippen molar-refractivity contribution in [3.8, 4) is 11.1 Å². The first-order valence-corrected chi connectivity index (χ1v) is 12.6. The first-order valence-electron chi connectivity index (χ1n) is 11.4. The van der Waals surface area contributed by atoms with Crippen LogP contribution in [0.5, 0.6) is 0 Å². The van der Waals surface area contributed by atoms with Crippen molar-refractivity contribution in [1.29, 1.82) is 0 Å². The minimum Gasteiger partial charge on any atom is -0.282 e. The van der Waals surface area contributed by atoms with Gasteiger partial charge in [-0.3, -0.25) is 14.4 Å². The molecule has 0 radical (unpaired) electrons. The first kappa shape index (κ1) is 23.3. The van der Waals surface area contributed by atoms with E-state index in [1.807, 2.05) is 86.1 Å². The Labute approximate surface area is 213 Å². The predicted molar refractivity (Wildman–Crippen MR) is 145 cm³/mol. The third kappa shape index (κ3) is 4.85. The summed E-state index contributed by atoms with van der Waals surface area (Å²) in [6.45, 7) is 7.01. The second kappa shape index (κ2) is 9.64. The summed E-state index contributed by atoms with van der Waals surface area (Å²) < 4.78 is 2.90. The molecule has 0 saturated carbocycles. The van der Waals surface area contributed by atoms with Crippen LogP contribution in [-0.4, -0.2) is 27.2 Å². The lowest BCUT2D eigenvalue weighted by Gasteiger charge is -2.20. The van der Waals surface area contributed by atoms with Gasteiger partial charge in [-0.05, 0) is 67.8 Å². The molecule has 0 bridgehead atoms. The van der Waals surface area contributed by atoms with Crippen molar-refractivity contribution in [2.75, 3.05) is 11.4 Å². The lowest BCUT2D eigenvalue weighted by molar-refractivity contribution is 0.0985. The molecule has 3 aromatic carbocycles. The number of amides is 1. The molecule has 0 unspecified atom stereocenters. The van der Waals surface area contributed by atoms with Gasteiger partial charge in [0.15, 0.2) is 5.13 Å². The van der Waals surface area contributed by atoms with Gasteiger partial charge in [0.1, 0.15) is 0 Å². The zero-order chi connectivity index (χ0) is 24.5. The molecule has 5 rings (SSSR count). The van der Waals surface area contributed by atoms with E-state index in [9.17, 15) is 4.79 Å². The maximum absolute atomic E-state index is 13.8. The lowest BCUT2D eigenvalue weighted by Crippen LogP contribution is -2.34. The van der Waals surface area contributed by atoms with Gasteiger partial charge in [-0.25, -0.2) is 4.98 Å². The van der Waals surface area contributed by atoms with Crippen molar-refractivity contribution >= 4 is 44.2 Å². The molecular formula is C28H25ClN4OS. The number of aryl methyl sites for hydroxylation is 3. The van der Waals surface area contributed by atoms with Gasteiger partial charge in [0.2, 0.25) is 0 Å². The molecule has 1 amide bonds. The summed E-state index contributed by atoms with van der Waals surface area (Å²) in [5.41, 5.74) is 6.70. The molecule has 0 saturated heterocycles. The number of thiazole rings is 1. The molecule has 35 heavy (non-hydrogen) atoms. The summed E-state index contributed by atoms with van der Waals surface area (Å²) in [6, 6.07) is 23.7. The molecule has 2 aromatic heterocycles. The van der Waals surface area contributed by atoms with E-state index in [2.05, 4.69) is 17.2 Å². The number of benzene rings is 3. The fourth-order valence-electron chi connectivity index (χ4n) is 4.23. The fourth-order valence-corrected chi connectivity index (χ4v) is 5.67. The van der Waals surface area contributed by atoms with Gasteiger partial charge >= 0.3 is 0 Å². The summed E-state index contributed by atoms with van der Waals surface area (Å²) in [5, 5.41) is 5.89. The molecular weight excluding hydrogens is 476 g/mol. The summed E-state index contributed by atoms with van der Waals surface area (Å²) in [5.74, 6) is -0.0889. The smallest absolute Gasteiger partial charge is 0.260 e. The second-order valence-corrected chi connectivity index (χ2v) is 10.1. The number of halogens is 1. The number of anilines is 1. The van der Waals surface area contributed by atoms with Crippen LogP contribution in [0.1, 0.15) is 27.3 Å². The molecule has 0 N–H and O–H groups in total. The number of nitrogens with zero attached hydrogens (tertiary/aromatic N) is 4. The van der Waals surface area contributed by atoms with Gasteiger partial charge in [0.05, 0.1) is 22.5 Å². The molecule has 0 aliphatic carbocycles. The van der Waals surface area contributed by atoms with Crippen molar-refractivity contribution in [3.63, 3.8) is 0 Å². The Morgan fingerprint density at radius 1 is 0.971 bits per heavy atom. The zero-order valence-corrected chi connectivity index (χ0v) is 21.4. The predicted octanol–water partition coefficient (Wildman–Crippen LogP) is 7.09. The van der Waals surface area contributed by atoms with E-state index < -0.39 is 0 Å². The highest BCUT2D eigenvalue weighted by Crippen LogP contribution is 2.34. The largest absolute Gasteiger partial charge is 0.282 e. The number of rotatable bonds is 6. The van der Waals surface area contributed by atoms with Crippen molar-refractivity contribution in [2.45, 2.75) is 27.3 Å². The van der Waals surface area contributed by atoms with Crippen molar-refractivity contribution < 1.29 is 4.79 Å². The van der Waals surface area contributed by atoms with Crippen molar-refractivity contribution in [2.24, 2.45) is 0 Å². The monoisotopic (exact) mass is 500 g/mol. The highest BCUT2D eigenvalue weighted by Gasteiger charge is 2.22. The molecule has 176 valence electrons. The normalized spacial score (nSPS) is 11.2. The standard InChI is InChI=1S/C28H25ClN4OS/c1-18-15-24(29)17-25-26(18)30-28(35-25)32(13-14-33-20(3)16-19(2)31-33)27(34)23-11-9-22(10-12-23)21-7-5-4-6-8-21/h4-12,15-17H,13-14H2,1-3H3. The van der Waals surface area contributed by atoms with Crippen LogP contribution in [0.4, 0.5) is 5.13 Å². The van der Waals surface area contributed by atoms with Gasteiger partial charge in [0, 0.05) is 22.8 Å². The first-order chi connectivity index (χ1) is 16.9. The van der Waals surface area contributed by atoms with Crippen LogP contribution in [0.2, 0.25) is 5.02 Å². The summed E-state index contributed by atoms with van der Waals surface area (Å²) >= 11 is 7.77. The summed E-state index contributed by atoms with van der Waals surface area (Å²) in [6.07, 6.45) is 0. The van der Waals surface area contributed by atoms with Crippen LogP contribution >= 0.6 is 22.9 Å². The van der Waals surface area contributed by atoms with Crippen molar-refractivity contribution in [3.05, 3.63) is 100 Å². The molecule has 5 aromatic rings. The Hall–Kier alpha value is -3.48. The second-order valence-electron chi connectivity index (χ2n) is 8.62. The summed E-state index contributed by atoms with van der Waals surface area (Å²) in [7, 11) is 0. The van der Waals surface area contributed by atoms with Crippen LogP contribution in [0, 0.1) is 20.8 Å². The van der Waals surface area contributed by atoms with E-state index in [0.717, 1.165) is 38.3 Å². The minimum absolute atomic E-state index is 0.0889. The van der Waals surface area contributed by atoms with Gasteiger partial charge in [-0.2, -0.15) is 5.10 Å². The van der Waals surface area contributed by atoms with E-state index in [1.165, 1.54) is 11.3 Å². The average molecular weight is 501 g/mol. The van der Waals surface area contributed by atoms with E-state index in [-0.39, 0.29) is 5.91 Å². The van der Waals surface area contributed by atoms with Gasteiger partial charge in [0.25, 0.3) is 5.91 Å². The van der Waals surface area contributed by atoms with Crippen LogP contribution < -0.4 is 4.90 Å². The third-order valence-corrected chi connectivity index (χ3v) is 7.24. The molecule has 7 heteroatoms. The maximum atomic E-state index is 13.8. The SMILES string of the molecule is Cc1cc(C)n(CCN(C(=O)c2ccc(-c3ccccc3)cc2)c2nc3c(C)cc(Cl)cc3s2)n1. The quantitative estimate of drug-likeness (QED) is 0.250. The molecule has 2 heterocycles. The summed E-state index contributed by atoms with van der Waals surface area (Å²) in [4.78, 5) is 20.4. The number of carbonyl (C=O) groups excluding carboxylic acids is 1. The Balaban J connectivity index is 1.49. The van der Waals surface area contributed by atoms with Crippen LogP contribution in [-0.2, 0) is 6.54 Å². The van der Waals surface area contributed by atoms with Crippen molar-refractivity contribution in [1.82, 2.24) is 14.8 Å². The van der Waals surface area contributed by atoms with Crippen LogP contribution in [0.15, 0.2) is 72.8 Å². The maximum Gasteiger partial charge on any atom is 0.260 e. The zero-order valence-electron chi connectivity index (χ0n) is 19.8. The number of aromatic nitrogens is 3. The Morgan fingerprint density at radius 3 is 2.37 bits per heavy atom. The van der Waals surface area contributed by atoms with Crippen LogP contribution in [0.3, 0.4) is 0 Å². The van der Waals surface area contributed by atoms with Gasteiger partial charge in [-0.15, -0.1) is 0 Å². The Morgan fingerprint density at radius 2 is 1.69 bits per heavy atom. The molecule has 0 aliphatic heterocycles. The average Bonchev–Trinajstić information content (AvgIpc) is 3.42. The molecule has 5 nitrogen and oxygen atoms in total. The van der Waals surface area contributed by atoms with E-state index in [1.54, 1.807) is 4.90 Å². The Bertz CT molecular complexity index is 1510. The molecule has 0 fully saturated rings. The minimum atomic E-state index is -0.0889. The molecule has 0 atom stereocenters. The topological polar surface area (TPSA) is 51.0 Å². The third-order valence-electron chi connectivity index (χ3n) is 5.99. The lowest BCUT2D eigenvalue weighted by atomic mass is 10.0. The molecule has 0 spiro atoms. The van der Waals surface area contributed by atoms with E-state index in [0.29, 0.717) is 28.8 Å². The number of hydrogen-bond acceptors (Lipinski definition) is 4. The number of fused-ring (bicyclic) bond motifs is 1. The van der Waals surface area contributed by atoms with E-state index in [4.69, 9.17) is 16.6 Å². The number of carbonyl (C=O) groups is 1. The van der Waals surface area contributed by atoms with Crippen LogP contribution in [0.25, 0.3) is 21.3 Å².